The third-order valence-electron chi connectivity index (χ3n) is 8.78. The van der Waals surface area contributed by atoms with Crippen LogP contribution in [0, 0.1) is 0 Å². The summed E-state index contributed by atoms with van der Waals surface area (Å²) in [5, 5.41) is -1.64. The third kappa shape index (κ3) is 25.7. The van der Waals surface area contributed by atoms with Crippen LogP contribution in [0.4, 0.5) is 0 Å². The van der Waals surface area contributed by atoms with Gasteiger partial charge in [0.2, 0.25) is 0 Å². The molecule has 0 amide bonds. The minimum Gasteiger partial charge on any atom is -1.00 e. The molecule has 1 aromatic carbocycles. The number of nitrogens with zero attached hydrogens (tertiary/aromatic N) is 1. The summed E-state index contributed by atoms with van der Waals surface area (Å²) in [5.41, 5.74) is 1.40. The Labute approximate surface area is 280 Å². The summed E-state index contributed by atoms with van der Waals surface area (Å²) >= 11 is 4.56. The summed E-state index contributed by atoms with van der Waals surface area (Å²) in [4.78, 5) is 0. The van der Waals surface area contributed by atoms with Gasteiger partial charge < -0.3 is 16.9 Å². The predicted octanol–water partition coefficient (Wildman–Crippen LogP) is 10.6. The average Bonchev–Trinajstić information content (AvgIpc) is 2.95. The molecule has 0 radical (unpaired) electrons. The van der Waals surface area contributed by atoms with Gasteiger partial charge in [-0.05, 0) is 0 Å². The van der Waals surface area contributed by atoms with Crippen molar-refractivity contribution in [2.75, 3.05) is 45.8 Å². The number of benzene rings is 1. The first kappa shape index (κ1) is 44.5. The fourth-order valence-corrected chi connectivity index (χ4v) is 14.8. The Morgan fingerprint density at radius 3 is 1.12 bits per heavy atom. The molecule has 0 heterocycles. The fraction of sp³-hybridized carbons (Fsp3) is 0.842. The zero-order valence-corrected chi connectivity index (χ0v) is 33.0. The molecular formula is C38H76BrClNP. The van der Waals surface area contributed by atoms with Gasteiger partial charge in [0.1, 0.15) is 6.54 Å². The number of quaternary nitrogens is 1. The van der Waals surface area contributed by atoms with Gasteiger partial charge >= 0.3 is 175 Å². The van der Waals surface area contributed by atoms with E-state index >= 15 is 0 Å². The van der Waals surface area contributed by atoms with Gasteiger partial charge in [0.25, 0.3) is 0 Å². The number of unbranched alkanes of at least 4 members (excludes halogenated alkanes) is 16. The molecule has 1 rings (SSSR count). The zero-order valence-electron chi connectivity index (χ0n) is 29.7. The van der Waals surface area contributed by atoms with Crippen LogP contribution in [0.25, 0.3) is 0 Å². The molecule has 0 aliphatic heterocycles. The summed E-state index contributed by atoms with van der Waals surface area (Å²) in [6.07, 6.45) is 35.0. The molecule has 0 N–H and O–H groups in total. The topological polar surface area (TPSA) is 0 Å². The molecule has 0 aliphatic rings. The largest absolute Gasteiger partial charge is 1.00 e. The number of rotatable bonds is 26. The molecule has 1 nitrogen and oxygen atoms in total. The van der Waals surface area contributed by atoms with E-state index in [2.05, 4.69) is 94.7 Å². The van der Waals surface area contributed by atoms with Crippen LogP contribution in [-0.4, -0.2) is 50.3 Å². The van der Waals surface area contributed by atoms with Gasteiger partial charge in [0.15, 0.2) is 0 Å². The van der Waals surface area contributed by atoms with Crippen molar-refractivity contribution in [1.29, 1.82) is 0 Å². The van der Waals surface area contributed by atoms with E-state index in [1.165, 1.54) is 159 Å². The summed E-state index contributed by atoms with van der Waals surface area (Å²) < 4.78 is 0.990. The number of hydrogen-bond acceptors (Lipinski definition) is 0. The molecule has 42 heavy (non-hydrogen) atoms. The summed E-state index contributed by atoms with van der Waals surface area (Å²) in [5.74, 6) is 0. The quantitative estimate of drug-likeness (QED) is 0.0515. The van der Waals surface area contributed by atoms with Crippen molar-refractivity contribution in [2.24, 2.45) is 0 Å². The molecule has 1 aromatic rings. The van der Waals surface area contributed by atoms with Crippen molar-refractivity contribution >= 4 is 20.8 Å². The van der Waals surface area contributed by atoms with Crippen LogP contribution in [0.2, 0.25) is 0 Å². The SMILES string of the molecule is CCCCCCCCCCCCCCCCP(Br)(CCCC)(CCCC)CCCC.C[N+](C)(C)Cc1ccccc1.[Cl-]. The van der Waals surface area contributed by atoms with E-state index in [1.54, 1.807) is 0 Å². The van der Waals surface area contributed by atoms with Crippen LogP contribution >= 0.6 is 20.8 Å². The van der Waals surface area contributed by atoms with Crippen molar-refractivity contribution in [1.82, 2.24) is 0 Å². The van der Waals surface area contributed by atoms with E-state index in [-0.39, 0.29) is 12.4 Å². The minimum absolute atomic E-state index is 0. The van der Waals surface area contributed by atoms with Crippen molar-refractivity contribution in [3.05, 3.63) is 35.9 Å². The van der Waals surface area contributed by atoms with E-state index in [1.807, 2.05) is 0 Å². The van der Waals surface area contributed by atoms with Crippen molar-refractivity contribution < 1.29 is 16.9 Å². The maximum absolute atomic E-state index is 4.56. The smallest absolute Gasteiger partial charge is 0.104 e. The Kier molecular flexibility index (Phi) is 29.3. The molecule has 0 aromatic heterocycles. The van der Waals surface area contributed by atoms with Crippen LogP contribution < -0.4 is 12.4 Å². The molecule has 0 atom stereocenters. The van der Waals surface area contributed by atoms with E-state index in [0.29, 0.717) is 0 Å². The van der Waals surface area contributed by atoms with Gasteiger partial charge in [-0.1, -0.05) is 56.5 Å². The molecule has 0 saturated heterocycles. The zero-order chi connectivity index (χ0) is 30.7. The monoisotopic (exact) mass is 691 g/mol. The Morgan fingerprint density at radius 1 is 0.476 bits per heavy atom. The first-order valence-electron chi connectivity index (χ1n) is 18.2. The maximum atomic E-state index is 4.56. The van der Waals surface area contributed by atoms with E-state index in [0.717, 1.165) is 11.0 Å². The van der Waals surface area contributed by atoms with Crippen LogP contribution in [0.5, 0.6) is 0 Å². The second-order valence-electron chi connectivity index (χ2n) is 14.3. The van der Waals surface area contributed by atoms with Crippen LogP contribution in [0.15, 0.2) is 30.3 Å². The van der Waals surface area contributed by atoms with Gasteiger partial charge in [0, 0.05) is 5.56 Å². The predicted molar refractivity (Wildman–Crippen MR) is 199 cm³/mol. The van der Waals surface area contributed by atoms with Crippen LogP contribution in [0.3, 0.4) is 0 Å². The van der Waals surface area contributed by atoms with Crippen molar-refractivity contribution in [3.63, 3.8) is 0 Å². The second-order valence-corrected chi connectivity index (χ2v) is 25.8. The third-order valence-corrected chi connectivity index (χ3v) is 18.8. The van der Waals surface area contributed by atoms with E-state index < -0.39 is 5.31 Å². The van der Waals surface area contributed by atoms with E-state index in [9.17, 15) is 0 Å². The Bertz CT molecular complexity index is 666. The van der Waals surface area contributed by atoms with Gasteiger partial charge in [-0.2, -0.15) is 0 Å². The molecule has 252 valence electrons. The second kappa shape index (κ2) is 27.7. The first-order chi connectivity index (χ1) is 19.6. The van der Waals surface area contributed by atoms with Gasteiger partial charge in [-0.25, -0.2) is 0 Å². The van der Waals surface area contributed by atoms with Gasteiger partial charge in [-0.3, -0.25) is 0 Å². The average molecular weight is 693 g/mol. The maximum Gasteiger partial charge on any atom is 0.104 e. The summed E-state index contributed by atoms with van der Waals surface area (Å²) in [7, 11) is 6.60. The normalized spacial score (nSPS) is 12.6. The van der Waals surface area contributed by atoms with E-state index in [4.69, 9.17) is 0 Å². The van der Waals surface area contributed by atoms with Crippen LogP contribution in [0.1, 0.15) is 162 Å². The number of halogens is 2. The Hall–Kier alpha value is 0.380. The Morgan fingerprint density at radius 2 is 0.786 bits per heavy atom. The summed E-state index contributed by atoms with van der Waals surface area (Å²) in [6, 6.07) is 10.6. The molecule has 0 aliphatic carbocycles. The minimum atomic E-state index is -1.64. The molecular weight excluding hydrogens is 617 g/mol. The molecule has 4 heteroatoms. The summed E-state index contributed by atoms with van der Waals surface area (Å²) in [6.45, 7) is 10.5. The van der Waals surface area contributed by atoms with Gasteiger partial charge in [0.05, 0.1) is 21.1 Å². The standard InChI is InChI=1S/C28H60BrP.C10H16N.ClH/c1-5-9-13-14-15-16-17-18-19-20-21-22-23-24-28-30(29,25-10-6-2,26-11-7-3)27-12-8-4;1-11(2,3)9-10-7-5-4-6-8-10;/h5-28H2,1-4H3;4-8H,9H2,1-3H3;1H/q;+1;/p-1. The van der Waals surface area contributed by atoms with Crippen molar-refractivity contribution in [3.8, 4) is 0 Å². The Balaban J connectivity index is 0. The van der Waals surface area contributed by atoms with Gasteiger partial charge in [-0.15, -0.1) is 0 Å². The number of hydrogen-bond donors (Lipinski definition) is 0. The first-order valence-corrected chi connectivity index (χ1v) is 23.2. The fourth-order valence-electron chi connectivity index (χ4n) is 6.16. The molecule has 0 unspecified atom stereocenters. The molecule has 0 fully saturated rings. The molecule has 0 spiro atoms. The molecule has 0 saturated carbocycles. The van der Waals surface area contributed by atoms with Crippen molar-refractivity contribution in [2.45, 2.75) is 163 Å². The van der Waals surface area contributed by atoms with Crippen LogP contribution in [-0.2, 0) is 6.54 Å². The molecule has 0 bridgehead atoms.